The maximum Gasteiger partial charge on any atom is 0.254 e. The van der Waals surface area contributed by atoms with E-state index in [1.54, 1.807) is 6.07 Å². The van der Waals surface area contributed by atoms with E-state index in [9.17, 15) is 4.79 Å². The van der Waals surface area contributed by atoms with Crippen LogP contribution in [0.25, 0.3) is 0 Å². The monoisotopic (exact) mass is 362 g/mol. The molecule has 1 aliphatic rings. The highest BCUT2D eigenvalue weighted by atomic mass is 35.5. The normalized spacial score (nSPS) is 16.1. The third-order valence-corrected chi connectivity index (χ3v) is 5.15. The van der Waals surface area contributed by atoms with Gasteiger partial charge in [-0.2, -0.15) is 0 Å². The van der Waals surface area contributed by atoms with Crippen molar-refractivity contribution in [2.45, 2.75) is 51.0 Å². The molecule has 0 saturated heterocycles. The Hall–Kier alpha value is -1.78. The molecule has 2 aromatic rings. The summed E-state index contributed by atoms with van der Waals surface area (Å²) in [6.45, 7) is 3.09. The number of nitrogens with one attached hydrogen (secondary N) is 1. The molecule has 0 atom stereocenters. The second-order valence-corrected chi connectivity index (χ2v) is 6.90. The summed E-state index contributed by atoms with van der Waals surface area (Å²) in [6, 6.07) is 10.4. The summed E-state index contributed by atoms with van der Waals surface area (Å²) in [4.78, 5) is 12.4. The molecule has 4 nitrogen and oxygen atoms in total. The second-order valence-electron chi connectivity index (χ2n) is 6.90. The molecule has 0 radical (unpaired) electrons. The van der Waals surface area contributed by atoms with Gasteiger partial charge < -0.3 is 15.5 Å². The Morgan fingerprint density at radius 1 is 1.24 bits per heavy atom. The van der Waals surface area contributed by atoms with Crippen molar-refractivity contribution in [3.05, 3.63) is 59.0 Å². The number of carbonyl (C=O) groups excluding carboxylic acids is 1. The molecular formula is C20H27ClN2O2. The minimum Gasteiger partial charge on any atom is -0.467 e. The number of halogens is 1. The first-order chi connectivity index (χ1) is 11.6. The van der Waals surface area contributed by atoms with Crippen molar-refractivity contribution in [2.24, 2.45) is 5.73 Å². The van der Waals surface area contributed by atoms with Gasteiger partial charge in [0.2, 0.25) is 0 Å². The van der Waals surface area contributed by atoms with Gasteiger partial charge in [0.05, 0.1) is 12.1 Å². The molecule has 5 heteroatoms. The van der Waals surface area contributed by atoms with Gasteiger partial charge in [-0.15, -0.1) is 12.4 Å². The van der Waals surface area contributed by atoms with Crippen molar-refractivity contribution in [3.63, 3.8) is 0 Å². The lowest BCUT2D eigenvalue weighted by Gasteiger charge is -2.38. The van der Waals surface area contributed by atoms with Gasteiger partial charge in [-0.05, 0) is 31.4 Å². The van der Waals surface area contributed by atoms with Gasteiger partial charge >= 0.3 is 0 Å². The summed E-state index contributed by atoms with van der Waals surface area (Å²) in [5, 5.41) is 3.13. The van der Waals surface area contributed by atoms with Crippen LogP contribution >= 0.6 is 12.4 Å². The molecule has 3 N–H and O–H groups in total. The van der Waals surface area contributed by atoms with E-state index in [0.29, 0.717) is 24.4 Å². The molecule has 0 aliphatic heterocycles. The minimum atomic E-state index is -0.0870. The Morgan fingerprint density at radius 3 is 2.64 bits per heavy atom. The second kappa shape index (κ2) is 8.54. The number of rotatable bonds is 5. The Kier molecular flexibility index (Phi) is 6.68. The lowest BCUT2D eigenvalue weighted by molar-refractivity contribution is 0.0936. The van der Waals surface area contributed by atoms with E-state index < -0.39 is 0 Å². The standard InChI is InChI=1S/C20H26N2O2.ClH/c1-15-6-5-7-17(10-15)20(8-3-2-4-9-20)14-22-19(23)16-11-18(12-21)24-13-16;/h5-7,10-11,13H,2-4,8-9,12,14,21H2,1H3,(H,22,23);1H. The van der Waals surface area contributed by atoms with E-state index in [1.165, 1.54) is 36.7 Å². The SMILES string of the molecule is Cc1cccc(C2(CNC(=O)c3coc(CN)c3)CCCCC2)c1.Cl. The van der Waals surface area contributed by atoms with Gasteiger partial charge in [0.1, 0.15) is 12.0 Å². The molecule has 1 fully saturated rings. The first-order valence-corrected chi connectivity index (χ1v) is 8.76. The molecule has 1 heterocycles. The van der Waals surface area contributed by atoms with E-state index in [4.69, 9.17) is 10.2 Å². The maximum absolute atomic E-state index is 12.4. The van der Waals surface area contributed by atoms with Gasteiger partial charge in [-0.3, -0.25) is 4.79 Å². The van der Waals surface area contributed by atoms with Crippen molar-refractivity contribution >= 4 is 18.3 Å². The van der Waals surface area contributed by atoms with Crippen LogP contribution in [0.3, 0.4) is 0 Å². The smallest absolute Gasteiger partial charge is 0.254 e. The first-order valence-electron chi connectivity index (χ1n) is 8.76. The van der Waals surface area contributed by atoms with Gasteiger partial charge in [-0.25, -0.2) is 0 Å². The number of furan rings is 1. The summed E-state index contributed by atoms with van der Waals surface area (Å²) >= 11 is 0. The average molecular weight is 363 g/mol. The quantitative estimate of drug-likeness (QED) is 0.841. The van der Waals surface area contributed by atoms with Crippen molar-refractivity contribution in [1.29, 1.82) is 0 Å². The van der Waals surface area contributed by atoms with E-state index in [2.05, 4.69) is 36.5 Å². The van der Waals surface area contributed by atoms with Crippen LogP contribution in [0.4, 0.5) is 0 Å². The van der Waals surface area contributed by atoms with Gasteiger partial charge in [0, 0.05) is 12.0 Å². The fraction of sp³-hybridized carbons (Fsp3) is 0.450. The number of nitrogens with two attached hydrogens (primary N) is 1. The first kappa shape index (κ1) is 19.5. The highest BCUT2D eigenvalue weighted by molar-refractivity contribution is 5.94. The van der Waals surface area contributed by atoms with Gasteiger partial charge in [-0.1, -0.05) is 49.1 Å². The molecular weight excluding hydrogens is 336 g/mol. The van der Waals surface area contributed by atoms with Crippen molar-refractivity contribution < 1.29 is 9.21 Å². The number of benzene rings is 1. The zero-order valence-electron chi connectivity index (χ0n) is 14.7. The summed E-state index contributed by atoms with van der Waals surface area (Å²) in [6.07, 6.45) is 7.44. The highest BCUT2D eigenvalue weighted by Crippen LogP contribution is 2.39. The van der Waals surface area contributed by atoms with E-state index in [-0.39, 0.29) is 23.7 Å². The van der Waals surface area contributed by atoms with Gasteiger partial charge in [0.25, 0.3) is 5.91 Å². The van der Waals surface area contributed by atoms with Crippen LogP contribution in [0.1, 0.15) is 59.3 Å². The number of carbonyl (C=O) groups is 1. The maximum atomic E-state index is 12.4. The lowest BCUT2D eigenvalue weighted by Crippen LogP contribution is -2.42. The minimum absolute atomic E-state index is 0. The number of hydrogen-bond donors (Lipinski definition) is 2. The van der Waals surface area contributed by atoms with Crippen LogP contribution in [0, 0.1) is 6.92 Å². The van der Waals surface area contributed by atoms with Crippen molar-refractivity contribution in [1.82, 2.24) is 5.32 Å². The lowest BCUT2D eigenvalue weighted by atomic mass is 9.69. The highest BCUT2D eigenvalue weighted by Gasteiger charge is 2.34. The predicted octanol–water partition coefficient (Wildman–Crippen LogP) is 4.10. The third-order valence-electron chi connectivity index (χ3n) is 5.15. The van der Waals surface area contributed by atoms with E-state index >= 15 is 0 Å². The van der Waals surface area contributed by atoms with Crippen LogP contribution in [-0.4, -0.2) is 12.5 Å². The largest absolute Gasteiger partial charge is 0.467 e. The van der Waals surface area contributed by atoms with Crippen LogP contribution in [-0.2, 0) is 12.0 Å². The molecule has 136 valence electrons. The number of amides is 1. The van der Waals surface area contributed by atoms with E-state index in [0.717, 1.165) is 12.8 Å². The summed E-state index contributed by atoms with van der Waals surface area (Å²) in [7, 11) is 0. The molecule has 1 aromatic carbocycles. The average Bonchev–Trinajstić information content (AvgIpc) is 3.10. The molecule has 0 bridgehead atoms. The molecule has 1 amide bonds. The van der Waals surface area contributed by atoms with Gasteiger partial charge in [0.15, 0.2) is 0 Å². The fourth-order valence-electron chi connectivity index (χ4n) is 3.73. The Morgan fingerprint density at radius 2 is 2.00 bits per heavy atom. The molecule has 1 saturated carbocycles. The van der Waals surface area contributed by atoms with Crippen molar-refractivity contribution in [3.8, 4) is 0 Å². The zero-order valence-corrected chi connectivity index (χ0v) is 15.5. The topological polar surface area (TPSA) is 68.3 Å². The summed E-state index contributed by atoms with van der Waals surface area (Å²) in [5.41, 5.74) is 8.74. The molecule has 3 rings (SSSR count). The van der Waals surface area contributed by atoms with Crippen molar-refractivity contribution in [2.75, 3.05) is 6.54 Å². The van der Waals surface area contributed by atoms with Crippen LogP contribution in [0.15, 0.2) is 41.0 Å². The van der Waals surface area contributed by atoms with Crippen LogP contribution < -0.4 is 11.1 Å². The zero-order chi connectivity index (χ0) is 17.0. The number of aryl methyl sites for hydroxylation is 1. The molecule has 1 aliphatic carbocycles. The Bertz CT molecular complexity index is 705. The molecule has 0 spiro atoms. The number of hydrogen-bond acceptors (Lipinski definition) is 3. The van der Waals surface area contributed by atoms with Crippen LogP contribution in [0.5, 0.6) is 0 Å². The van der Waals surface area contributed by atoms with E-state index in [1.807, 2.05) is 0 Å². The molecule has 25 heavy (non-hydrogen) atoms. The fourth-order valence-corrected chi connectivity index (χ4v) is 3.73. The summed E-state index contributed by atoms with van der Waals surface area (Å²) < 4.78 is 5.27. The molecule has 1 aromatic heterocycles. The Labute approximate surface area is 155 Å². The predicted molar refractivity (Wildman–Crippen MR) is 102 cm³/mol. The summed E-state index contributed by atoms with van der Waals surface area (Å²) in [5.74, 6) is 0.544. The third kappa shape index (κ3) is 4.44. The van der Waals surface area contributed by atoms with Crippen LogP contribution in [0.2, 0.25) is 0 Å². The molecule has 0 unspecified atom stereocenters. The Balaban J connectivity index is 0.00000225.